The Morgan fingerprint density at radius 3 is 2.69 bits per heavy atom. The van der Waals surface area contributed by atoms with Gasteiger partial charge in [0.25, 0.3) is 0 Å². The van der Waals surface area contributed by atoms with E-state index in [1.54, 1.807) is 0 Å². The van der Waals surface area contributed by atoms with Crippen LogP contribution in [0, 0.1) is 0 Å². The summed E-state index contributed by atoms with van der Waals surface area (Å²) in [7, 11) is 0. The van der Waals surface area contributed by atoms with Crippen molar-refractivity contribution in [1.82, 2.24) is 0 Å². The number of hydrogen-bond acceptors (Lipinski definition) is 2. The molecule has 0 fully saturated rings. The average Bonchev–Trinajstić information content (AvgIpc) is 2.66. The fraction of sp³-hybridized carbons (Fsp3) is 0.0909. The molecular formula is C11H8Br2ClNO. The first kappa shape index (κ1) is 12.0. The number of anilines is 1. The number of hydrogen-bond donors (Lipinski definition) is 1. The third-order valence-electron chi connectivity index (χ3n) is 2.01. The number of rotatable bonds is 3. The van der Waals surface area contributed by atoms with E-state index in [1.807, 2.05) is 30.3 Å². The molecule has 0 saturated carbocycles. The highest BCUT2D eigenvalue weighted by Gasteiger charge is 2.03. The van der Waals surface area contributed by atoms with E-state index in [9.17, 15) is 0 Å². The normalized spacial score (nSPS) is 10.4. The number of benzene rings is 1. The van der Waals surface area contributed by atoms with Crippen molar-refractivity contribution in [1.29, 1.82) is 0 Å². The highest BCUT2D eigenvalue weighted by atomic mass is 79.9. The van der Waals surface area contributed by atoms with Gasteiger partial charge in [0.15, 0.2) is 4.67 Å². The molecule has 84 valence electrons. The van der Waals surface area contributed by atoms with Crippen molar-refractivity contribution in [2.45, 2.75) is 6.54 Å². The Kier molecular flexibility index (Phi) is 3.95. The second-order valence-electron chi connectivity index (χ2n) is 3.18. The highest BCUT2D eigenvalue weighted by molar-refractivity contribution is 9.10. The van der Waals surface area contributed by atoms with Crippen LogP contribution in [0.5, 0.6) is 0 Å². The van der Waals surface area contributed by atoms with Crippen molar-refractivity contribution in [3.63, 3.8) is 0 Å². The zero-order valence-electron chi connectivity index (χ0n) is 8.14. The lowest BCUT2D eigenvalue weighted by Crippen LogP contribution is -1.98. The lowest BCUT2D eigenvalue weighted by Gasteiger charge is -2.07. The Hall–Kier alpha value is -0.450. The van der Waals surface area contributed by atoms with Gasteiger partial charge >= 0.3 is 0 Å². The maximum Gasteiger partial charge on any atom is 0.169 e. The summed E-state index contributed by atoms with van der Waals surface area (Å²) in [5, 5.41) is 3.90. The van der Waals surface area contributed by atoms with Crippen molar-refractivity contribution >= 4 is 49.1 Å². The molecule has 1 aromatic carbocycles. The van der Waals surface area contributed by atoms with E-state index in [-0.39, 0.29) is 0 Å². The minimum atomic E-state index is 0.599. The summed E-state index contributed by atoms with van der Waals surface area (Å²) in [6.07, 6.45) is 0. The van der Waals surface area contributed by atoms with Crippen LogP contribution >= 0.6 is 43.5 Å². The molecule has 2 aromatic rings. The molecule has 0 aliphatic carbocycles. The number of furan rings is 1. The molecule has 0 radical (unpaired) electrons. The van der Waals surface area contributed by atoms with Gasteiger partial charge in [0.05, 0.1) is 17.3 Å². The smallest absolute Gasteiger partial charge is 0.169 e. The van der Waals surface area contributed by atoms with Crippen molar-refractivity contribution < 1.29 is 4.42 Å². The molecule has 0 amide bonds. The third kappa shape index (κ3) is 3.03. The number of halogens is 3. The van der Waals surface area contributed by atoms with E-state index in [4.69, 9.17) is 16.0 Å². The maximum absolute atomic E-state index is 6.04. The first-order valence-corrected chi connectivity index (χ1v) is 6.54. The molecule has 5 heteroatoms. The minimum Gasteiger partial charge on any atom is -0.452 e. The van der Waals surface area contributed by atoms with Crippen LogP contribution < -0.4 is 5.32 Å². The summed E-state index contributed by atoms with van der Waals surface area (Å²) in [6.45, 7) is 0.599. The zero-order chi connectivity index (χ0) is 11.5. The Morgan fingerprint density at radius 1 is 1.19 bits per heavy atom. The minimum absolute atomic E-state index is 0.599. The van der Waals surface area contributed by atoms with E-state index in [0.717, 1.165) is 20.6 Å². The van der Waals surface area contributed by atoms with Crippen LogP contribution in [0.2, 0.25) is 5.02 Å². The van der Waals surface area contributed by atoms with Crippen molar-refractivity contribution in [3.05, 3.63) is 50.3 Å². The molecule has 0 aliphatic heterocycles. The molecule has 1 N–H and O–H groups in total. The van der Waals surface area contributed by atoms with Gasteiger partial charge in [0.1, 0.15) is 5.76 Å². The molecule has 16 heavy (non-hydrogen) atoms. The number of nitrogens with one attached hydrogen (secondary N) is 1. The Balaban J connectivity index is 2.07. The van der Waals surface area contributed by atoms with Crippen LogP contribution in [0.15, 0.2) is 43.9 Å². The van der Waals surface area contributed by atoms with Crippen molar-refractivity contribution in [3.8, 4) is 0 Å². The summed E-state index contributed by atoms with van der Waals surface area (Å²) < 4.78 is 7.09. The first-order valence-electron chi connectivity index (χ1n) is 4.58. The SMILES string of the molecule is Clc1ccc(Br)cc1NCc1ccc(Br)o1. The third-order valence-corrected chi connectivity index (χ3v) is 3.26. The molecule has 1 aromatic heterocycles. The maximum atomic E-state index is 6.04. The van der Waals surface area contributed by atoms with Gasteiger partial charge in [0.2, 0.25) is 0 Å². The molecule has 2 nitrogen and oxygen atoms in total. The first-order chi connectivity index (χ1) is 7.65. The van der Waals surface area contributed by atoms with Gasteiger partial charge in [-0.2, -0.15) is 0 Å². The topological polar surface area (TPSA) is 25.2 Å². The van der Waals surface area contributed by atoms with E-state index < -0.39 is 0 Å². The molecule has 1 heterocycles. The van der Waals surface area contributed by atoms with Gasteiger partial charge in [-0.15, -0.1) is 0 Å². The Morgan fingerprint density at radius 2 is 2.00 bits per heavy atom. The Bertz CT molecular complexity index is 498. The molecule has 2 rings (SSSR count). The molecule has 0 atom stereocenters. The standard InChI is InChI=1S/C11H8Br2ClNO/c12-7-1-3-9(14)10(5-7)15-6-8-2-4-11(13)16-8/h1-5,15H,6H2. The lowest BCUT2D eigenvalue weighted by molar-refractivity contribution is 0.495. The van der Waals surface area contributed by atoms with Gasteiger partial charge in [-0.1, -0.05) is 27.5 Å². The van der Waals surface area contributed by atoms with Crippen LogP contribution in [-0.2, 0) is 6.54 Å². The Labute approximate surface area is 115 Å². The van der Waals surface area contributed by atoms with E-state index in [0.29, 0.717) is 11.6 Å². The molecular weight excluding hydrogens is 357 g/mol. The molecule has 0 spiro atoms. The average molecular weight is 365 g/mol. The fourth-order valence-corrected chi connectivity index (χ4v) is 2.15. The monoisotopic (exact) mass is 363 g/mol. The van der Waals surface area contributed by atoms with E-state index >= 15 is 0 Å². The summed E-state index contributed by atoms with van der Waals surface area (Å²) >= 11 is 12.7. The summed E-state index contributed by atoms with van der Waals surface area (Å²) in [5.74, 6) is 0.850. The van der Waals surface area contributed by atoms with Crippen LogP contribution in [0.4, 0.5) is 5.69 Å². The quantitative estimate of drug-likeness (QED) is 0.821. The van der Waals surface area contributed by atoms with Crippen molar-refractivity contribution in [2.75, 3.05) is 5.32 Å². The molecule has 0 aliphatic rings. The second-order valence-corrected chi connectivity index (χ2v) is 5.29. The molecule has 0 unspecified atom stereocenters. The molecule has 0 saturated heterocycles. The summed E-state index contributed by atoms with van der Waals surface area (Å²) in [5.41, 5.74) is 0.878. The lowest BCUT2D eigenvalue weighted by atomic mass is 10.3. The van der Waals surface area contributed by atoms with Gasteiger partial charge < -0.3 is 9.73 Å². The van der Waals surface area contributed by atoms with Gasteiger partial charge in [-0.25, -0.2) is 0 Å². The fourth-order valence-electron chi connectivity index (χ4n) is 1.26. The van der Waals surface area contributed by atoms with Gasteiger partial charge in [-0.3, -0.25) is 0 Å². The van der Waals surface area contributed by atoms with Crippen molar-refractivity contribution in [2.24, 2.45) is 0 Å². The van der Waals surface area contributed by atoms with Crippen LogP contribution in [-0.4, -0.2) is 0 Å². The van der Waals surface area contributed by atoms with E-state index in [2.05, 4.69) is 37.2 Å². The predicted octanol–water partition coefficient (Wildman–Crippen LogP) is 5.07. The summed E-state index contributed by atoms with van der Waals surface area (Å²) in [6, 6.07) is 9.44. The van der Waals surface area contributed by atoms with E-state index in [1.165, 1.54) is 0 Å². The second kappa shape index (κ2) is 5.25. The highest BCUT2D eigenvalue weighted by Crippen LogP contribution is 2.26. The van der Waals surface area contributed by atoms with Gasteiger partial charge in [-0.05, 0) is 46.3 Å². The van der Waals surface area contributed by atoms with Crippen LogP contribution in [0.3, 0.4) is 0 Å². The predicted molar refractivity (Wildman–Crippen MR) is 72.9 cm³/mol. The van der Waals surface area contributed by atoms with Crippen LogP contribution in [0.25, 0.3) is 0 Å². The van der Waals surface area contributed by atoms with Crippen LogP contribution in [0.1, 0.15) is 5.76 Å². The largest absolute Gasteiger partial charge is 0.452 e. The molecule has 0 bridgehead atoms. The zero-order valence-corrected chi connectivity index (χ0v) is 12.1. The summed E-state index contributed by atoms with van der Waals surface area (Å²) in [4.78, 5) is 0. The van der Waals surface area contributed by atoms with Gasteiger partial charge in [0, 0.05) is 4.47 Å².